The summed E-state index contributed by atoms with van der Waals surface area (Å²) in [5, 5.41) is 18.9. The first-order valence-corrected chi connectivity index (χ1v) is 8.15. The summed E-state index contributed by atoms with van der Waals surface area (Å²) in [5.41, 5.74) is 0.954. The third kappa shape index (κ3) is 3.39. The van der Waals surface area contributed by atoms with E-state index in [0.717, 1.165) is 0 Å². The molecule has 1 aromatic heterocycles. The molecule has 134 valence electrons. The lowest BCUT2D eigenvalue weighted by atomic mass is 9.98. The number of aliphatic carboxylic acids is 1. The van der Waals surface area contributed by atoms with E-state index >= 15 is 0 Å². The van der Waals surface area contributed by atoms with Crippen LogP contribution in [0.15, 0.2) is 51.7 Å². The zero-order valence-electron chi connectivity index (χ0n) is 14.2. The summed E-state index contributed by atoms with van der Waals surface area (Å²) in [7, 11) is 1.52. The Labute approximate surface area is 149 Å². The van der Waals surface area contributed by atoms with Crippen molar-refractivity contribution in [2.24, 2.45) is 0 Å². The number of aryl methyl sites for hydroxylation is 1. The number of fused-ring (bicyclic) bond motifs is 1. The van der Waals surface area contributed by atoms with Crippen molar-refractivity contribution in [3.05, 3.63) is 58.4 Å². The van der Waals surface area contributed by atoms with E-state index in [4.69, 9.17) is 14.3 Å². The zero-order chi connectivity index (χ0) is 18.7. The zero-order valence-corrected chi connectivity index (χ0v) is 14.2. The maximum atomic E-state index is 13.1. The van der Waals surface area contributed by atoms with Crippen molar-refractivity contribution in [1.29, 1.82) is 0 Å². The highest BCUT2D eigenvalue weighted by Gasteiger charge is 2.19. The van der Waals surface area contributed by atoms with Crippen LogP contribution in [0.4, 0.5) is 0 Å². The molecule has 0 saturated carbocycles. The van der Waals surface area contributed by atoms with Crippen LogP contribution in [0, 0.1) is 0 Å². The summed E-state index contributed by atoms with van der Waals surface area (Å²) < 4.78 is 11.3. The van der Waals surface area contributed by atoms with Crippen LogP contribution in [-0.4, -0.2) is 23.3 Å². The molecule has 0 unspecified atom stereocenters. The number of methoxy groups -OCH3 is 1. The van der Waals surface area contributed by atoms with Crippen LogP contribution in [0.25, 0.3) is 22.1 Å². The number of phenolic OH excluding ortho intramolecular Hbond substituents is 1. The molecule has 0 saturated heterocycles. The van der Waals surface area contributed by atoms with Gasteiger partial charge in [-0.2, -0.15) is 0 Å². The number of carboxylic acid groups (broad SMARTS) is 1. The van der Waals surface area contributed by atoms with E-state index in [-0.39, 0.29) is 29.6 Å². The number of ether oxygens (including phenoxy) is 1. The van der Waals surface area contributed by atoms with Crippen molar-refractivity contribution in [2.75, 3.05) is 7.11 Å². The average Bonchev–Trinajstić information content (AvgIpc) is 2.61. The molecule has 6 heteroatoms. The fourth-order valence-electron chi connectivity index (χ4n) is 2.93. The number of rotatable bonds is 6. The van der Waals surface area contributed by atoms with E-state index in [1.165, 1.54) is 25.3 Å². The lowest BCUT2D eigenvalue weighted by Crippen LogP contribution is -2.10. The highest BCUT2D eigenvalue weighted by atomic mass is 16.5. The Morgan fingerprint density at radius 3 is 2.69 bits per heavy atom. The van der Waals surface area contributed by atoms with Crippen molar-refractivity contribution < 1.29 is 24.2 Å². The summed E-state index contributed by atoms with van der Waals surface area (Å²) in [4.78, 5) is 23.9. The number of aromatic hydroxyl groups is 1. The largest absolute Gasteiger partial charge is 0.508 e. The Balaban J connectivity index is 2.24. The number of hydrogen-bond donors (Lipinski definition) is 2. The Bertz CT molecular complexity index is 1020. The molecule has 0 aliphatic rings. The molecule has 0 amide bonds. The molecule has 26 heavy (non-hydrogen) atoms. The third-order valence-electron chi connectivity index (χ3n) is 4.12. The van der Waals surface area contributed by atoms with Crippen molar-refractivity contribution >= 4 is 16.9 Å². The number of carboxylic acids is 1. The van der Waals surface area contributed by atoms with Gasteiger partial charge in [0, 0.05) is 24.5 Å². The van der Waals surface area contributed by atoms with Gasteiger partial charge in [-0.3, -0.25) is 9.59 Å². The van der Waals surface area contributed by atoms with Gasteiger partial charge in [-0.05, 0) is 24.6 Å². The Hall–Kier alpha value is -3.28. The molecule has 0 radical (unpaired) electrons. The van der Waals surface area contributed by atoms with Crippen molar-refractivity contribution in [3.8, 4) is 22.6 Å². The minimum absolute atomic E-state index is 0.0119. The summed E-state index contributed by atoms with van der Waals surface area (Å²) in [6.07, 6.45) is 0.568. The summed E-state index contributed by atoms with van der Waals surface area (Å²) in [6.45, 7) is 0. The molecule has 0 aliphatic heterocycles. The summed E-state index contributed by atoms with van der Waals surface area (Å²) in [6, 6.07) is 11.4. The molecule has 2 N–H and O–H groups in total. The van der Waals surface area contributed by atoms with Gasteiger partial charge in [-0.1, -0.05) is 18.2 Å². The molecular weight excluding hydrogens is 336 g/mol. The van der Waals surface area contributed by atoms with E-state index < -0.39 is 5.97 Å². The van der Waals surface area contributed by atoms with Gasteiger partial charge < -0.3 is 19.4 Å². The SMILES string of the molecule is COc1ccccc1-c1c(CCCC(=O)O)oc2cc(O)ccc2c1=O. The maximum absolute atomic E-state index is 13.1. The van der Waals surface area contributed by atoms with Crippen LogP contribution < -0.4 is 10.2 Å². The second-order valence-corrected chi connectivity index (χ2v) is 5.86. The predicted molar refractivity (Wildman–Crippen MR) is 96.7 cm³/mol. The van der Waals surface area contributed by atoms with Crippen molar-refractivity contribution in [2.45, 2.75) is 19.3 Å². The highest BCUT2D eigenvalue weighted by Crippen LogP contribution is 2.33. The van der Waals surface area contributed by atoms with Gasteiger partial charge in [0.05, 0.1) is 18.1 Å². The standard InChI is InChI=1S/C20H18O6/c1-25-15-6-3-2-5-13(15)19-16(7-4-8-18(22)23)26-17-11-12(21)9-10-14(17)20(19)24/h2-3,5-6,9-11,21H,4,7-8H2,1H3,(H,22,23). The fourth-order valence-corrected chi connectivity index (χ4v) is 2.93. The summed E-state index contributed by atoms with van der Waals surface area (Å²) in [5.74, 6) is -0.0249. The Morgan fingerprint density at radius 1 is 1.19 bits per heavy atom. The van der Waals surface area contributed by atoms with Gasteiger partial charge in [0.15, 0.2) is 0 Å². The monoisotopic (exact) mass is 354 g/mol. The van der Waals surface area contributed by atoms with E-state index in [9.17, 15) is 14.7 Å². The minimum Gasteiger partial charge on any atom is -0.508 e. The van der Waals surface area contributed by atoms with E-state index in [1.807, 2.05) is 0 Å². The molecule has 0 atom stereocenters. The first-order chi connectivity index (χ1) is 12.5. The molecule has 3 aromatic rings. The fraction of sp³-hybridized carbons (Fsp3) is 0.200. The second-order valence-electron chi connectivity index (χ2n) is 5.86. The number of para-hydroxylation sites is 1. The Kier molecular flexibility index (Phi) is 4.93. The lowest BCUT2D eigenvalue weighted by Gasteiger charge is -2.13. The lowest BCUT2D eigenvalue weighted by molar-refractivity contribution is -0.137. The van der Waals surface area contributed by atoms with Crippen LogP contribution in [0.5, 0.6) is 11.5 Å². The number of phenols is 1. The number of hydrogen-bond acceptors (Lipinski definition) is 5. The predicted octanol–water partition coefficient (Wildman–Crippen LogP) is 3.58. The normalized spacial score (nSPS) is 10.8. The van der Waals surface area contributed by atoms with Crippen molar-refractivity contribution in [3.63, 3.8) is 0 Å². The smallest absolute Gasteiger partial charge is 0.303 e. The van der Waals surface area contributed by atoms with Gasteiger partial charge in [0.1, 0.15) is 22.8 Å². The molecule has 0 fully saturated rings. The first kappa shape index (κ1) is 17.5. The maximum Gasteiger partial charge on any atom is 0.303 e. The van der Waals surface area contributed by atoms with Crippen LogP contribution in [0.1, 0.15) is 18.6 Å². The molecule has 0 bridgehead atoms. The minimum atomic E-state index is -0.912. The molecule has 1 heterocycles. The molecule has 2 aromatic carbocycles. The molecular formula is C20H18O6. The van der Waals surface area contributed by atoms with E-state index in [1.54, 1.807) is 24.3 Å². The number of benzene rings is 2. The van der Waals surface area contributed by atoms with Crippen LogP contribution >= 0.6 is 0 Å². The topological polar surface area (TPSA) is 97.0 Å². The van der Waals surface area contributed by atoms with Gasteiger partial charge >= 0.3 is 5.97 Å². The molecule has 0 spiro atoms. The van der Waals surface area contributed by atoms with Crippen LogP contribution in [-0.2, 0) is 11.2 Å². The van der Waals surface area contributed by atoms with Crippen molar-refractivity contribution in [1.82, 2.24) is 0 Å². The van der Waals surface area contributed by atoms with Crippen LogP contribution in [0.3, 0.4) is 0 Å². The second kappa shape index (κ2) is 7.31. The average molecular weight is 354 g/mol. The van der Waals surface area contributed by atoms with Crippen LogP contribution in [0.2, 0.25) is 0 Å². The third-order valence-corrected chi connectivity index (χ3v) is 4.12. The molecule has 0 aliphatic carbocycles. The number of carbonyl (C=O) groups is 1. The van der Waals surface area contributed by atoms with E-state index in [2.05, 4.69) is 0 Å². The highest BCUT2D eigenvalue weighted by molar-refractivity contribution is 5.85. The van der Waals surface area contributed by atoms with Gasteiger partial charge in [-0.25, -0.2) is 0 Å². The Morgan fingerprint density at radius 2 is 1.96 bits per heavy atom. The van der Waals surface area contributed by atoms with Gasteiger partial charge in [-0.15, -0.1) is 0 Å². The summed E-state index contributed by atoms with van der Waals surface area (Å²) >= 11 is 0. The molecule has 6 nitrogen and oxygen atoms in total. The first-order valence-electron chi connectivity index (χ1n) is 8.15. The molecule has 3 rings (SSSR count). The van der Waals surface area contributed by atoms with E-state index in [0.29, 0.717) is 34.4 Å². The van der Waals surface area contributed by atoms with Gasteiger partial charge in [0.2, 0.25) is 5.43 Å². The van der Waals surface area contributed by atoms with Gasteiger partial charge in [0.25, 0.3) is 0 Å². The quantitative estimate of drug-likeness (QED) is 0.702.